The highest BCUT2D eigenvalue weighted by atomic mass is 16.5. The maximum Gasteiger partial charge on any atom is 0.337 e. The summed E-state index contributed by atoms with van der Waals surface area (Å²) >= 11 is 0. The van der Waals surface area contributed by atoms with Gasteiger partial charge in [-0.1, -0.05) is 24.3 Å². The Morgan fingerprint density at radius 3 is 2.57 bits per heavy atom. The van der Waals surface area contributed by atoms with Gasteiger partial charge in [0.2, 0.25) is 5.78 Å². The van der Waals surface area contributed by atoms with Crippen LogP contribution in [0.1, 0.15) is 49.7 Å². The molecule has 0 aliphatic carbocycles. The van der Waals surface area contributed by atoms with Crippen molar-refractivity contribution < 1.29 is 38.1 Å². The number of ketones is 1. The molecule has 2 heterocycles. The molecule has 2 aliphatic heterocycles. The standard InChI is InChI=1S/C28H21NO8/c1-34-28(33)16-7-5-15(6-8-16)11-22-26(32)19-9-10-21-25(27(19)37-22)20(13-24(31)36-21)17-3-2-4-18(12-17)35-14-23(29)30/h2-12,20H,13-14H2,1H3,(H2,29,30)/b22-11-/t20-/m1/s1. The van der Waals surface area contributed by atoms with Gasteiger partial charge in [-0.3, -0.25) is 14.4 Å². The van der Waals surface area contributed by atoms with Crippen LogP contribution in [0.2, 0.25) is 0 Å². The normalized spacial score (nSPS) is 16.9. The molecule has 0 aromatic heterocycles. The summed E-state index contributed by atoms with van der Waals surface area (Å²) in [5.74, 6) is -1.15. The minimum absolute atomic E-state index is 0.0221. The molecule has 0 radical (unpaired) electrons. The van der Waals surface area contributed by atoms with Crippen LogP contribution in [-0.2, 0) is 14.3 Å². The first-order valence-corrected chi connectivity index (χ1v) is 11.4. The van der Waals surface area contributed by atoms with Crippen molar-refractivity contribution in [1.29, 1.82) is 0 Å². The lowest BCUT2D eigenvalue weighted by atomic mass is 9.84. The molecule has 0 bridgehead atoms. The second-order valence-corrected chi connectivity index (χ2v) is 8.47. The zero-order valence-corrected chi connectivity index (χ0v) is 19.7. The number of methoxy groups -OCH3 is 1. The van der Waals surface area contributed by atoms with Gasteiger partial charge in [-0.05, 0) is 53.6 Å². The highest BCUT2D eigenvalue weighted by Crippen LogP contribution is 2.49. The molecule has 186 valence electrons. The van der Waals surface area contributed by atoms with Crippen molar-refractivity contribution in [3.05, 3.63) is 94.2 Å². The summed E-state index contributed by atoms with van der Waals surface area (Å²) in [5, 5.41) is 0. The number of hydrogen-bond acceptors (Lipinski definition) is 8. The van der Waals surface area contributed by atoms with E-state index in [1.165, 1.54) is 7.11 Å². The van der Waals surface area contributed by atoms with Gasteiger partial charge >= 0.3 is 11.9 Å². The number of hydrogen-bond donors (Lipinski definition) is 1. The number of allylic oxidation sites excluding steroid dienone is 1. The molecule has 0 saturated heterocycles. The fourth-order valence-electron chi connectivity index (χ4n) is 4.35. The van der Waals surface area contributed by atoms with Gasteiger partial charge in [0.15, 0.2) is 12.4 Å². The number of Topliss-reactive ketones (excluding diaryl/α,β-unsaturated/α-hetero) is 1. The van der Waals surface area contributed by atoms with Gasteiger partial charge < -0.3 is 24.7 Å². The van der Waals surface area contributed by atoms with Crippen molar-refractivity contribution in [2.75, 3.05) is 13.7 Å². The van der Waals surface area contributed by atoms with E-state index in [0.717, 1.165) is 5.56 Å². The number of fused-ring (bicyclic) bond motifs is 3. The van der Waals surface area contributed by atoms with E-state index < -0.39 is 23.8 Å². The van der Waals surface area contributed by atoms with E-state index in [-0.39, 0.29) is 24.6 Å². The maximum atomic E-state index is 13.2. The first kappa shape index (κ1) is 23.8. The van der Waals surface area contributed by atoms with E-state index in [1.807, 2.05) is 6.07 Å². The predicted octanol–water partition coefficient (Wildman–Crippen LogP) is 3.39. The average molecular weight is 499 g/mol. The van der Waals surface area contributed by atoms with Gasteiger partial charge in [0, 0.05) is 11.5 Å². The molecule has 5 rings (SSSR count). The number of amides is 1. The molecule has 9 heteroatoms. The monoisotopic (exact) mass is 499 g/mol. The lowest BCUT2D eigenvalue weighted by Crippen LogP contribution is -2.22. The third-order valence-electron chi connectivity index (χ3n) is 6.05. The largest absolute Gasteiger partial charge is 0.484 e. The van der Waals surface area contributed by atoms with Crippen molar-refractivity contribution in [2.24, 2.45) is 5.73 Å². The summed E-state index contributed by atoms with van der Waals surface area (Å²) in [4.78, 5) is 48.4. The maximum absolute atomic E-state index is 13.2. The minimum atomic E-state index is -0.610. The van der Waals surface area contributed by atoms with Crippen LogP contribution < -0.4 is 19.9 Å². The van der Waals surface area contributed by atoms with Gasteiger partial charge in [0.1, 0.15) is 17.2 Å². The van der Waals surface area contributed by atoms with Gasteiger partial charge in [-0.25, -0.2) is 4.79 Å². The van der Waals surface area contributed by atoms with Gasteiger partial charge in [-0.2, -0.15) is 0 Å². The van der Waals surface area contributed by atoms with E-state index >= 15 is 0 Å². The molecule has 37 heavy (non-hydrogen) atoms. The Bertz CT molecular complexity index is 1470. The van der Waals surface area contributed by atoms with Crippen LogP contribution in [0, 0.1) is 0 Å². The van der Waals surface area contributed by atoms with Gasteiger partial charge in [0.05, 0.1) is 24.7 Å². The summed E-state index contributed by atoms with van der Waals surface area (Å²) in [6.45, 7) is -0.283. The van der Waals surface area contributed by atoms with Crippen LogP contribution in [0.25, 0.3) is 6.08 Å². The Morgan fingerprint density at radius 2 is 1.84 bits per heavy atom. The zero-order chi connectivity index (χ0) is 26.1. The summed E-state index contributed by atoms with van der Waals surface area (Å²) < 4.78 is 21.7. The first-order valence-electron chi connectivity index (χ1n) is 11.4. The molecule has 9 nitrogen and oxygen atoms in total. The molecule has 0 saturated carbocycles. The van der Waals surface area contributed by atoms with Crippen molar-refractivity contribution in [2.45, 2.75) is 12.3 Å². The Balaban J connectivity index is 1.50. The molecule has 0 unspecified atom stereocenters. The molecule has 1 amide bonds. The van der Waals surface area contributed by atoms with Gasteiger partial charge in [0.25, 0.3) is 5.91 Å². The van der Waals surface area contributed by atoms with E-state index in [1.54, 1.807) is 60.7 Å². The molecule has 0 spiro atoms. The Morgan fingerprint density at radius 1 is 1.05 bits per heavy atom. The SMILES string of the molecule is COC(=O)c1ccc(/C=C2\Oc3c(ccc4c3[C@@H](c3cccc(OCC(N)=O)c3)CC(=O)O4)C2=O)cc1. The number of benzene rings is 3. The lowest BCUT2D eigenvalue weighted by Gasteiger charge is -2.26. The van der Waals surface area contributed by atoms with Gasteiger partial charge in [-0.15, -0.1) is 0 Å². The molecular formula is C28H21NO8. The number of carbonyl (C=O) groups is 4. The van der Waals surface area contributed by atoms with Crippen LogP contribution >= 0.6 is 0 Å². The first-order chi connectivity index (χ1) is 17.8. The average Bonchev–Trinajstić information content (AvgIpc) is 3.21. The van der Waals surface area contributed by atoms with Crippen LogP contribution in [0.3, 0.4) is 0 Å². The molecule has 2 aliphatic rings. The quantitative estimate of drug-likeness (QED) is 0.310. The summed E-state index contributed by atoms with van der Waals surface area (Å²) in [7, 11) is 1.30. The van der Waals surface area contributed by atoms with E-state index in [9.17, 15) is 19.2 Å². The molecule has 3 aromatic carbocycles. The summed E-state index contributed by atoms with van der Waals surface area (Å²) in [5.41, 5.74) is 7.85. The highest BCUT2D eigenvalue weighted by Gasteiger charge is 2.38. The van der Waals surface area contributed by atoms with Crippen molar-refractivity contribution in [1.82, 2.24) is 0 Å². The van der Waals surface area contributed by atoms with Crippen LogP contribution in [0.15, 0.2) is 66.4 Å². The zero-order valence-electron chi connectivity index (χ0n) is 19.7. The number of esters is 2. The number of ether oxygens (including phenoxy) is 4. The van der Waals surface area contributed by atoms with E-state index in [0.29, 0.717) is 39.5 Å². The Kier molecular flexibility index (Phi) is 6.19. The Labute approximate surface area is 211 Å². The third kappa shape index (κ3) is 4.66. The summed E-state index contributed by atoms with van der Waals surface area (Å²) in [6.07, 6.45) is 1.60. The highest BCUT2D eigenvalue weighted by molar-refractivity contribution is 6.15. The minimum Gasteiger partial charge on any atom is -0.484 e. The second kappa shape index (κ2) is 9.62. The van der Waals surface area contributed by atoms with Crippen molar-refractivity contribution in [3.8, 4) is 17.2 Å². The fourth-order valence-corrected chi connectivity index (χ4v) is 4.35. The van der Waals surface area contributed by atoms with Crippen molar-refractivity contribution in [3.63, 3.8) is 0 Å². The van der Waals surface area contributed by atoms with Crippen LogP contribution in [0.4, 0.5) is 0 Å². The van der Waals surface area contributed by atoms with Crippen LogP contribution in [0.5, 0.6) is 17.2 Å². The summed E-state index contributed by atoms with van der Waals surface area (Å²) in [6, 6.07) is 16.6. The van der Waals surface area contributed by atoms with Crippen LogP contribution in [-0.4, -0.2) is 37.3 Å². The molecule has 1 atom stereocenters. The predicted molar refractivity (Wildman–Crippen MR) is 130 cm³/mol. The number of nitrogens with two attached hydrogens (primary N) is 1. The second-order valence-electron chi connectivity index (χ2n) is 8.47. The smallest absolute Gasteiger partial charge is 0.337 e. The Hall–Kier alpha value is -4.92. The molecule has 0 fully saturated rings. The topological polar surface area (TPSA) is 131 Å². The van der Waals surface area contributed by atoms with Crippen molar-refractivity contribution >= 4 is 29.7 Å². The van der Waals surface area contributed by atoms with E-state index in [2.05, 4.69) is 0 Å². The molecule has 3 aromatic rings. The third-order valence-corrected chi connectivity index (χ3v) is 6.05. The lowest BCUT2D eigenvalue weighted by molar-refractivity contribution is -0.135. The molecule has 2 N–H and O–H groups in total. The van der Waals surface area contributed by atoms with E-state index in [4.69, 9.17) is 24.7 Å². The number of rotatable bonds is 6. The number of primary amides is 1. The fraction of sp³-hybridized carbons (Fsp3) is 0.143. The molecular weight excluding hydrogens is 478 g/mol. The number of carbonyl (C=O) groups excluding carboxylic acids is 4.